The average molecular weight is 301 g/mol. The van der Waals surface area contributed by atoms with Crippen molar-refractivity contribution in [3.63, 3.8) is 0 Å². The molecule has 112 valence electrons. The van der Waals surface area contributed by atoms with Crippen LogP contribution in [0.25, 0.3) is 0 Å². The molecule has 6 heteroatoms. The Bertz CT molecular complexity index is 636. The summed E-state index contributed by atoms with van der Waals surface area (Å²) in [5.41, 5.74) is 4.69. The molecule has 1 atom stereocenters. The molecule has 2 rings (SSSR count). The van der Waals surface area contributed by atoms with Gasteiger partial charge in [0.15, 0.2) is 0 Å². The molecule has 1 nitrogen and oxygen atoms in total. The first-order valence-corrected chi connectivity index (χ1v) is 6.14. The van der Waals surface area contributed by atoms with Gasteiger partial charge in [-0.2, -0.15) is 13.2 Å². The lowest BCUT2D eigenvalue weighted by Crippen LogP contribution is -2.17. The normalized spacial score (nSPS) is 13.2. The third kappa shape index (κ3) is 3.58. The molecular weight excluding hydrogens is 289 g/mol. The molecule has 0 aliphatic rings. The van der Waals surface area contributed by atoms with Gasteiger partial charge in [0.25, 0.3) is 0 Å². The molecule has 0 amide bonds. The first-order chi connectivity index (χ1) is 9.79. The van der Waals surface area contributed by atoms with Crippen molar-refractivity contribution in [2.24, 2.45) is 5.73 Å². The number of halogens is 5. The highest BCUT2D eigenvalue weighted by Gasteiger charge is 2.31. The maximum absolute atomic E-state index is 13.7. The van der Waals surface area contributed by atoms with Crippen molar-refractivity contribution < 1.29 is 22.0 Å². The second kappa shape index (κ2) is 5.81. The van der Waals surface area contributed by atoms with E-state index in [2.05, 4.69) is 0 Å². The summed E-state index contributed by atoms with van der Waals surface area (Å²) in [5, 5.41) is 0. The zero-order chi connectivity index (χ0) is 15.6. The lowest BCUT2D eigenvalue weighted by Gasteiger charge is -2.16. The van der Waals surface area contributed by atoms with Gasteiger partial charge in [-0.15, -0.1) is 0 Å². The van der Waals surface area contributed by atoms with Crippen molar-refractivity contribution in [2.75, 3.05) is 0 Å². The number of alkyl halides is 3. The van der Waals surface area contributed by atoms with Gasteiger partial charge in [-0.1, -0.05) is 18.2 Å². The minimum Gasteiger partial charge on any atom is -0.324 e. The molecule has 0 saturated carbocycles. The van der Waals surface area contributed by atoms with Gasteiger partial charge in [-0.05, 0) is 36.2 Å². The summed E-state index contributed by atoms with van der Waals surface area (Å²) in [6.07, 6.45) is -4.68. The molecule has 0 radical (unpaired) electrons. The first-order valence-electron chi connectivity index (χ1n) is 6.14. The summed E-state index contributed by atoms with van der Waals surface area (Å²) in [4.78, 5) is 0. The monoisotopic (exact) mass is 301 g/mol. The highest BCUT2D eigenvalue weighted by molar-refractivity contribution is 5.31. The quantitative estimate of drug-likeness (QED) is 0.844. The molecule has 0 aliphatic carbocycles. The van der Waals surface area contributed by atoms with E-state index in [9.17, 15) is 22.0 Å². The smallest absolute Gasteiger partial charge is 0.324 e. The number of nitrogens with two attached hydrogens (primary N) is 1. The number of benzene rings is 2. The number of hydrogen-bond donors (Lipinski definition) is 1. The van der Waals surface area contributed by atoms with Crippen LogP contribution < -0.4 is 5.73 Å². The maximum atomic E-state index is 13.7. The van der Waals surface area contributed by atoms with Crippen molar-refractivity contribution in [2.45, 2.75) is 18.6 Å². The van der Waals surface area contributed by atoms with Gasteiger partial charge in [0.05, 0.1) is 5.56 Å². The standard InChI is InChI=1S/C15H12F5N/c16-12-4-2-1-3-9(12)7-14(21)11-8-10(15(18,19)20)5-6-13(11)17/h1-6,8,14H,7,21H2. The van der Waals surface area contributed by atoms with Gasteiger partial charge in [0, 0.05) is 11.6 Å². The van der Waals surface area contributed by atoms with Crippen LogP contribution in [-0.4, -0.2) is 0 Å². The first kappa shape index (κ1) is 15.4. The van der Waals surface area contributed by atoms with Crippen LogP contribution in [0.3, 0.4) is 0 Å². The summed E-state index contributed by atoms with van der Waals surface area (Å²) in [6, 6.07) is 6.70. The molecule has 2 N–H and O–H groups in total. The van der Waals surface area contributed by atoms with E-state index in [4.69, 9.17) is 5.73 Å². The van der Waals surface area contributed by atoms with Crippen molar-refractivity contribution in [1.82, 2.24) is 0 Å². The van der Waals surface area contributed by atoms with E-state index in [1.807, 2.05) is 0 Å². The molecule has 0 saturated heterocycles. The van der Waals surface area contributed by atoms with Crippen LogP contribution in [0.5, 0.6) is 0 Å². The third-order valence-electron chi connectivity index (χ3n) is 3.12. The van der Waals surface area contributed by atoms with Crippen LogP contribution in [0, 0.1) is 11.6 Å². The molecule has 0 aliphatic heterocycles. The fourth-order valence-corrected chi connectivity index (χ4v) is 2.02. The van der Waals surface area contributed by atoms with Gasteiger partial charge in [0.2, 0.25) is 0 Å². The van der Waals surface area contributed by atoms with Crippen LogP contribution in [0.2, 0.25) is 0 Å². The van der Waals surface area contributed by atoms with Crippen molar-refractivity contribution in [3.05, 3.63) is 70.8 Å². The van der Waals surface area contributed by atoms with Crippen molar-refractivity contribution in [3.8, 4) is 0 Å². The molecule has 2 aromatic carbocycles. The maximum Gasteiger partial charge on any atom is 0.416 e. The van der Waals surface area contributed by atoms with Crippen LogP contribution in [0.1, 0.15) is 22.7 Å². The fourth-order valence-electron chi connectivity index (χ4n) is 2.02. The highest BCUT2D eigenvalue weighted by Crippen LogP contribution is 2.32. The van der Waals surface area contributed by atoms with Crippen molar-refractivity contribution in [1.29, 1.82) is 0 Å². The van der Waals surface area contributed by atoms with Crippen molar-refractivity contribution >= 4 is 0 Å². The second-order valence-electron chi connectivity index (χ2n) is 4.64. The Morgan fingerprint density at radius 1 is 0.952 bits per heavy atom. The van der Waals surface area contributed by atoms with Crippen LogP contribution in [0.15, 0.2) is 42.5 Å². The minimum atomic E-state index is -4.58. The summed E-state index contributed by atoms with van der Waals surface area (Å²) >= 11 is 0. The van der Waals surface area contributed by atoms with Crippen LogP contribution in [-0.2, 0) is 12.6 Å². The van der Waals surface area contributed by atoms with Gasteiger partial charge >= 0.3 is 6.18 Å². The third-order valence-corrected chi connectivity index (χ3v) is 3.12. The second-order valence-corrected chi connectivity index (χ2v) is 4.64. The van der Waals surface area contributed by atoms with E-state index in [0.717, 1.165) is 6.07 Å². The van der Waals surface area contributed by atoms with E-state index in [-0.39, 0.29) is 17.5 Å². The molecule has 0 heterocycles. The Labute approximate surface area is 118 Å². The molecule has 0 spiro atoms. The van der Waals surface area contributed by atoms with Gasteiger partial charge in [0.1, 0.15) is 11.6 Å². The molecular formula is C15H12F5N. The molecule has 0 aromatic heterocycles. The summed E-state index contributed by atoms with van der Waals surface area (Å²) < 4.78 is 65.1. The predicted octanol–water partition coefficient (Wildman–Crippen LogP) is 4.23. The summed E-state index contributed by atoms with van der Waals surface area (Å²) in [6.45, 7) is 0. The summed E-state index contributed by atoms with van der Waals surface area (Å²) in [5.74, 6) is -1.37. The highest BCUT2D eigenvalue weighted by atomic mass is 19.4. The lowest BCUT2D eigenvalue weighted by atomic mass is 9.97. The molecule has 1 unspecified atom stereocenters. The van der Waals surface area contributed by atoms with E-state index < -0.39 is 29.4 Å². The van der Waals surface area contributed by atoms with Gasteiger partial charge in [-0.25, -0.2) is 8.78 Å². The Morgan fingerprint density at radius 2 is 1.62 bits per heavy atom. The van der Waals surface area contributed by atoms with E-state index in [0.29, 0.717) is 12.1 Å². The van der Waals surface area contributed by atoms with E-state index in [1.54, 1.807) is 6.07 Å². The van der Waals surface area contributed by atoms with Crippen LogP contribution >= 0.6 is 0 Å². The SMILES string of the molecule is NC(Cc1ccccc1F)c1cc(C(F)(F)F)ccc1F. The van der Waals surface area contributed by atoms with Crippen LogP contribution in [0.4, 0.5) is 22.0 Å². The minimum absolute atomic E-state index is 0.0924. The Hall–Kier alpha value is -1.95. The Balaban J connectivity index is 2.31. The number of rotatable bonds is 3. The van der Waals surface area contributed by atoms with E-state index in [1.165, 1.54) is 18.2 Å². The Kier molecular flexibility index (Phi) is 4.27. The van der Waals surface area contributed by atoms with Gasteiger partial charge in [-0.3, -0.25) is 0 Å². The van der Waals surface area contributed by atoms with Gasteiger partial charge < -0.3 is 5.73 Å². The zero-order valence-corrected chi connectivity index (χ0v) is 10.8. The largest absolute Gasteiger partial charge is 0.416 e. The molecule has 0 bridgehead atoms. The Morgan fingerprint density at radius 3 is 2.24 bits per heavy atom. The molecule has 21 heavy (non-hydrogen) atoms. The predicted molar refractivity (Wildman–Crippen MR) is 68.4 cm³/mol. The zero-order valence-electron chi connectivity index (χ0n) is 10.8. The van der Waals surface area contributed by atoms with E-state index >= 15 is 0 Å². The summed E-state index contributed by atoms with van der Waals surface area (Å²) in [7, 11) is 0. The average Bonchev–Trinajstić information content (AvgIpc) is 2.40. The molecule has 2 aromatic rings. The molecule has 0 fully saturated rings. The number of hydrogen-bond acceptors (Lipinski definition) is 1. The lowest BCUT2D eigenvalue weighted by molar-refractivity contribution is -0.137. The fraction of sp³-hybridized carbons (Fsp3) is 0.200. The topological polar surface area (TPSA) is 26.0 Å².